The Balaban J connectivity index is 1.42. The second-order valence-electron chi connectivity index (χ2n) is 10.0. The average molecular weight is 535 g/mol. The summed E-state index contributed by atoms with van der Waals surface area (Å²) in [5.41, 5.74) is 8.87. The molecule has 1 aliphatic rings. The largest absolute Gasteiger partial charge is 0.493 e. The van der Waals surface area contributed by atoms with Gasteiger partial charge in [-0.1, -0.05) is 68.4 Å². The Morgan fingerprint density at radius 2 is 1.82 bits per heavy atom. The van der Waals surface area contributed by atoms with Crippen molar-refractivity contribution in [2.24, 2.45) is 11.7 Å². The lowest BCUT2D eigenvalue weighted by Crippen LogP contribution is -2.21. The molecule has 202 valence electrons. The third kappa shape index (κ3) is 5.43. The molecule has 7 nitrogen and oxygen atoms in total. The van der Waals surface area contributed by atoms with Crippen molar-refractivity contribution in [3.05, 3.63) is 107 Å². The summed E-state index contributed by atoms with van der Waals surface area (Å²) in [5.74, 6) is 1.38. The number of carbonyl (C=O) groups excluding carboxylic acids is 1. The van der Waals surface area contributed by atoms with E-state index >= 15 is 0 Å². The van der Waals surface area contributed by atoms with Crippen molar-refractivity contribution in [2.45, 2.75) is 26.2 Å². The maximum atomic E-state index is 12.9. The Kier molecular flexibility index (Phi) is 7.61. The maximum Gasteiger partial charge on any atom is 0.315 e. The number of methoxy groups -OCH3 is 1. The second-order valence-corrected chi connectivity index (χ2v) is 10.0. The molecule has 0 radical (unpaired) electrons. The Hall–Kier alpha value is -4.96. The van der Waals surface area contributed by atoms with Crippen LogP contribution >= 0.6 is 0 Å². The molecule has 0 aromatic heterocycles. The summed E-state index contributed by atoms with van der Waals surface area (Å²) < 4.78 is 23.0. The van der Waals surface area contributed by atoms with E-state index in [2.05, 4.69) is 19.9 Å². The molecule has 1 heterocycles. The van der Waals surface area contributed by atoms with Crippen molar-refractivity contribution in [1.29, 1.82) is 5.26 Å². The van der Waals surface area contributed by atoms with E-state index in [4.69, 9.17) is 24.7 Å². The molecule has 0 amide bonds. The van der Waals surface area contributed by atoms with E-state index in [1.165, 1.54) is 0 Å². The molecule has 0 bridgehead atoms. The van der Waals surface area contributed by atoms with Crippen molar-refractivity contribution in [3.8, 4) is 29.1 Å². The minimum Gasteiger partial charge on any atom is -0.493 e. The normalized spacial score (nSPS) is 14.3. The molecule has 4 aromatic carbocycles. The number of benzene rings is 4. The molecule has 0 spiro atoms. The molecule has 2 N–H and O–H groups in total. The number of allylic oxidation sites excluding steroid dienone is 1. The number of rotatable bonds is 8. The highest BCUT2D eigenvalue weighted by atomic mass is 16.5. The fourth-order valence-electron chi connectivity index (χ4n) is 4.85. The van der Waals surface area contributed by atoms with Gasteiger partial charge in [0.1, 0.15) is 23.1 Å². The first-order valence-corrected chi connectivity index (χ1v) is 13.1. The predicted octanol–water partition coefficient (Wildman–Crippen LogP) is 6.25. The van der Waals surface area contributed by atoms with Crippen LogP contribution in [0.15, 0.2) is 90.3 Å². The van der Waals surface area contributed by atoms with E-state index in [0.29, 0.717) is 35.5 Å². The number of nitrogens with zero attached hydrogens (tertiary/aromatic N) is 1. The maximum absolute atomic E-state index is 12.9. The Labute approximate surface area is 233 Å². The van der Waals surface area contributed by atoms with Crippen LogP contribution in [0.5, 0.6) is 23.0 Å². The summed E-state index contributed by atoms with van der Waals surface area (Å²) in [6, 6.07) is 26.7. The van der Waals surface area contributed by atoms with Gasteiger partial charge in [-0.3, -0.25) is 4.79 Å². The van der Waals surface area contributed by atoms with Crippen LogP contribution in [0.25, 0.3) is 10.8 Å². The molecule has 0 saturated heterocycles. The summed E-state index contributed by atoms with van der Waals surface area (Å²) in [7, 11) is 1.58. The van der Waals surface area contributed by atoms with Gasteiger partial charge >= 0.3 is 5.97 Å². The number of hydrogen-bond acceptors (Lipinski definition) is 7. The topological polar surface area (TPSA) is 104 Å². The first-order valence-electron chi connectivity index (χ1n) is 13.1. The molecule has 4 aromatic rings. The van der Waals surface area contributed by atoms with Crippen LogP contribution in [0.3, 0.4) is 0 Å². The van der Waals surface area contributed by atoms with Gasteiger partial charge < -0.3 is 24.7 Å². The predicted molar refractivity (Wildman–Crippen MR) is 152 cm³/mol. The van der Waals surface area contributed by atoms with Gasteiger partial charge in [-0.05, 0) is 46.0 Å². The summed E-state index contributed by atoms with van der Waals surface area (Å²) >= 11 is 0. The van der Waals surface area contributed by atoms with Gasteiger partial charge in [-0.25, -0.2) is 0 Å². The average Bonchev–Trinajstić information content (AvgIpc) is 2.95. The number of ether oxygens (including phenoxy) is 4. The number of nitriles is 1. The molecule has 7 heteroatoms. The first-order chi connectivity index (χ1) is 19.4. The van der Waals surface area contributed by atoms with Gasteiger partial charge in [0.15, 0.2) is 11.5 Å². The van der Waals surface area contributed by atoms with Crippen molar-refractivity contribution in [1.82, 2.24) is 0 Å². The van der Waals surface area contributed by atoms with Crippen LogP contribution < -0.4 is 24.7 Å². The number of nitrogens with two attached hydrogens (primary N) is 1. The summed E-state index contributed by atoms with van der Waals surface area (Å²) in [4.78, 5) is 12.9. The zero-order chi connectivity index (χ0) is 28.2. The number of hydrogen-bond donors (Lipinski definition) is 1. The molecule has 1 atom stereocenters. The molecular weight excluding hydrogens is 504 g/mol. The van der Waals surface area contributed by atoms with Gasteiger partial charge in [-0.2, -0.15) is 5.26 Å². The fourth-order valence-corrected chi connectivity index (χ4v) is 4.85. The first kappa shape index (κ1) is 26.6. The van der Waals surface area contributed by atoms with Crippen molar-refractivity contribution in [3.63, 3.8) is 0 Å². The second kappa shape index (κ2) is 11.4. The smallest absolute Gasteiger partial charge is 0.315 e. The van der Waals surface area contributed by atoms with Crippen molar-refractivity contribution >= 4 is 16.7 Å². The lowest BCUT2D eigenvalue weighted by atomic mass is 9.83. The molecule has 1 unspecified atom stereocenters. The Morgan fingerprint density at radius 3 is 2.60 bits per heavy atom. The van der Waals surface area contributed by atoms with Gasteiger partial charge in [0, 0.05) is 11.6 Å². The molecule has 0 aliphatic carbocycles. The Bertz CT molecular complexity index is 1650. The van der Waals surface area contributed by atoms with Crippen LogP contribution in [-0.4, -0.2) is 19.7 Å². The zero-order valence-electron chi connectivity index (χ0n) is 22.6. The quantitative estimate of drug-likeness (QED) is 0.210. The SMILES string of the molecule is COc1cc(C2C(C#N)=C(N)Oc3cc(OC(=O)Cc4cccc5ccccc45)ccc32)ccc1OCC(C)C. The van der Waals surface area contributed by atoms with Crippen molar-refractivity contribution < 1.29 is 23.7 Å². The lowest BCUT2D eigenvalue weighted by molar-refractivity contribution is -0.133. The van der Waals surface area contributed by atoms with E-state index in [9.17, 15) is 10.1 Å². The summed E-state index contributed by atoms with van der Waals surface area (Å²) in [6.45, 7) is 4.69. The van der Waals surface area contributed by atoms with Gasteiger partial charge in [0.25, 0.3) is 0 Å². The number of esters is 1. The molecule has 1 aliphatic heterocycles. The van der Waals surface area contributed by atoms with Crippen LogP contribution in [0, 0.1) is 17.2 Å². The third-order valence-electron chi connectivity index (χ3n) is 6.73. The van der Waals surface area contributed by atoms with Crippen molar-refractivity contribution in [2.75, 3.05) is 13.7 Å². The van der Waals surface area contributed by atoms with Crippen LogP contribution in [-0.2, 0) is 11.2 Å². The number of fused-ring (bicyclic) bond motifs is 2. The summed E-state index contributed by atoms with van der Waals surface area (Å²) in [5, 5.41) is 12.0. The van der Waals surface area contributed by atoms with E-state index in [-0.39, 0.29) is 17.9 Å². The Morgan fingerprint density at radius 1 is 1.02 bits per heavy atom. The van der Waals surface area contributed by atoms with E-state index in [1.807, 2.05) is 60.7 Å². The minimum atomic E-state index is -0.498. The fraction of sp³-hybridized carbons (Fsp3) is 0.212. The van der Waals surface area contributed by atoms with Gasteiger partial charge in [0.2, 0.25) is 5.88 Å². The summed E-state index contributed by atoms with van der Waals surface area (Å²) in [6.07, 6.45) is 0.119. The lowest BCUT2D eigenvalue weighted by Gasteiger charge is -2.27. The molecular formula is C33H30N2O5. The van der Waals surface area contributed by atoms with Crippen LogP contribution in [0.2, 0.25) is 0 Å². The third-order valence-corrected chi connectivity index (χ3v) is 6.73. The molecule has 0 fully saturated rings. The monoisotopic (exact) mass is 534 g/mol. The van der Waals surface area contributed by atoms with E-state index in [0.717, 1.165) is 27.5 Å². The van der Waals surface area contributed by atoms with Gasteiger partial charge in [-0.15, -0.1) is 0 Å². The standard InChI is InChI=1S/C33H30N2O5/c1-20(2)19-38-28-14-11-23(15-30(28)37-3)32-26-13-12-24(17-29(26)40-33(35)27(32)18-34)39-31(36)16-22-9-6-8-21-7-4-5-10-25(21)22/h4-15,17,20,32H,16,19,35H2,1-3H3. The van der Waals surface area contributed by atoms with Crippen LogP contribution in [0.4, 0.5) is 0 Å². The highest BCUT2D eigenvalue weighted by Crippen LogP contribution is 2.45. The zero-order valence-corrected chi connectivity index (χ0v) is 22.6. The highest BCUT2D eigenvalue weighted by molar-refractivity contribution is 5.89. The minimum absolute atomic E-state index is 0.00154. The number of carbonyl (C=O) groups is 1. The van der Waals surface area contributed by atoms with E-state index in [1.54, 1.807) is 25.3 Å². The molecule has 40 heavy (non-hydrogen) atoms. The molecule has 5 rings (SSSR count). The molecule has 0 saturated carbocycles. The van der Waals surface area contributed by atoms with E-state index < -0.39 is 11.9 Å². The highest BCUT2D eigenvalue weighted by Gasteiger charge is 2.32. The van der Waals surface area contributed by atoms with Gasteiger partial charge in [0.05, 0.1) is 26.1 Å². The van der Waals surface area contributed by atoms with Crippen LogP contribution in [0.1, 0.15) is 36.5 Å².